The molecule has 3 heterocycles. The van der Waals surface area contributed by atoms with Crippen molar-refractivity contribution in [3.8, 4) is 11.1 Å². The van der Waals surface area contributed by atoms with E-state index in [4.69, 9.17) is 9.15 Å². The molecular weight excluding hydrogens is 505 g/mol. The van der Waals surface area contributed by atoms with Crippen molar-refractivity contribution >= 4 is 29.8 Å². The van der Waals surface area contributed by atoms with Gasteiger partial charge >= 0.3 is 6.09 Å². The van der Waals surface area contributed by atoms with Crippen molar-refractivity contribution in [2.24, 2.45) is 5.10 Å². The zero-order valence-corrected chi connectivity index (χ0v) is 21.4. The smallest absolute Gasteiger partial charge is 0.414 e. The number of piperazine rings is 1. The maximum atomic E-state index is 15.0. The van der Waals surface area contributed by atoms with Crippen LogP contribution in [0.2, 0.25) is 0 Å². The second-order valence-electron chi connectivity index (χ2n) is 9.31. The van der Waals surface area contributed by atoms with Crippen LogP contribution in [0, 0.1) is 5.82 Å². The number of carbonyl (C=O) groups excluding carboxylic acids is 3. The summed E-state index contributed by atoms with van der Waals surface area (Å²) in [7, 11) is 0. The van der Waals surface area contributed by atoms with Crippen LogP contribution in [-0.2, 0) is 9.53 Å². The summed E-state index contributed by atoms with van der Waals surface area (Å²) in [5.74, 6) is -0.459. The summed E-state index contributed by atoms with van der Waals surface area (Å²) in [4.78, 5) is 38.8. The molecule has 2 aliphatic heterocycles. The van der Waals surface area contributed by atoms with Crippen molar-refractivity contribution in [3.05, 3.63) is 78.0 Å². The van der Waals surface area contributed by atoms with Gasteiger partial charge in [0.1, 0.15) is 11.9 Å². The van der Waals surface area contributed by atoms with Crippen LogP contribution >= 0.6 is 0 Å². The van der Waals surface area contributed by atoms with Crippen molar-refractivity contribution in [2.45, 2.75) is 13.0 Å². The average molecular weight is 534 g/mol. The van der Waals surface area contributed by atoms with Gasteiger partial charge < -0.3 is 19.4 Å². The van der Waals surface area contributed by atoms with Crippen LogP contribution in [0.1, 0.15) is 23.0 Å². The average Bonchev–Trinajstić information content (AvgIpc) is 3.61. The van der Waals surface area contributed by atoms with E-state index in [0.29, 0.717) is 48.8 Å². The van der Waals surface area contributed by atoms with Crippen LogP contribution in [-0.4, -0.2) is 79.4 Å². The minimum Gasteiger partial charge on any atom is -0.459 e. The fraction of sp³-hybridized carbons (Fsp3) is 0.286. The summed E-state index contributed by atoms with van der Waals surface area (Å²) < 4.78 is 25.5. The summed E-state index contributed by atoms with van der Waals surface area (Å²) in [5.41, 5.74) is 2.34. The van der Waals surface area contributed by atoms with Crippen molar-refractivity contribution < 1.29 is 27.9 Å². The predicted molar refractivity (Wildman–Crippen MR) is 142 cm³/mol. The van der Waals surface area contributed by atoms with Gasteiger partial charge in [0.2, 0.25) is 5.91 Å². The van der Waals surface area contributed by atoms with Crippen molar-refractivity contribution in [1.82, 2.24) is 15.2 Å². The molecule has 2 saturated heterocycles. The Hall–Kier alpha value is -4.67. The van der Waals surface area contributed by atoms with E-state index in [1.165, 1.54) is 24.2 Å². The van der Waals surface area contributed by atoms with Gasteiger partial charge in [-0.3, -0.25) is 19.5 Å². The summed E-state index contributed by atoms with van der Waals surface area (Å²) >= 11 is 0. The first kappa shape index (κ1) is 26.0. The molecule has 11 heteroatoms. The molecule has 202 valence electrons. The molecule has 1 atom stereocenters. The third kappa shape index (κ3) is 6.08. The number of hydrogen-bond donors (Lipinski definition) is 1. The number of nitrogens with one attached hydrogen (secondary N) is 1. The third-order valence-corrected chi connectivity index (χ3v) is 6.58. The standard InChI is InChI=1S/C28H28FN5O5/c1-19(35)30-17-23-18-34(28(37)39-23)22-8-9-24(25(29)15-22)21-6-4-20(5-7-21)16-31-33-12-10-32(11-13-33)27(36)26-3-2-14-38-26/h2-9,14-16,23H,10-13,17-18H2,1H3,(H,30,35)/b31-16+/t23-/m0/s1. The second kappa shape index (κ2) is 11.4. The van der Waals surface area contributed by atoms with Crippen LogP contribution in [0.3, 0.4) is 0 Å². The quantitative estimate of drug-likeness (QED) is 0.467. The Morgan fingerprint density at radius 3 is 2.54 bits per heavy atom. The largest absolute Gasteiger partial charge is 0.459 e. The van der Waals surface area contributed by atoms with Gasteiger partial charge in [-0.15, -0.1) is 0 Å². The molecule has 1 N–H and O–H groups in total. The first-order chi connectivity index (χ1) is 18.9. The molecule has 0 spiro atoms. The number of hydrazone groups is 1. The van der Waals surface area contributed by atoms with E-state index < -0.39 is 18.0 Å². The molecule has 1 aromatic heterocycles. The number of benzene rings is 2. The van der Waals surface area contributed by atoms with Gasteiger partial charge in [0.05, 0.1) is 44.3 Å². The highest BCUT2D eigenvalue weighted by atomic mass is 19.1. The minimum atomic E-state index is -0.577. The van der Waals surface area contributed by atoms with E-state index in [1.807, 2.05) is 29.3 Å². The van der Waals surface area contributed by atoms with Crippen molar-refractivity contribution in [1.29, 1.82) is 0 Å². The Balaban J connectivity index is 1.17. The molecule has 0 radical (unpaired) electrons. The molecule has 0 bridgehead atoms. The molecule has 39 heavy (non-hydrogen) atoms. The maximum absolute atomic E-state index is 15.0. The number of anilines is 1. The SMILES string of the molecule is CC(=O)NC[C@H]1CN(c2ccc(-c3ccc(/C=N/N4CCN(C(=O)c5ccco5)CC4)cc3)c(F)c2)C(=O)O1. The Kier molecular flexibility index (Phi) is 7.57. The molecule has 0 aliphatic carbocycles. The molecule has 10 nitrogen and oxygen atoms in total. The van der Waals surface area contributed by atoms with Crippen LogP contribution in [0.4, 0.5) is 14.9 Å². The summed E-state index contributed by atoms with van der Waals surface area (Å²) in [6.07, 6.45) is 2.16. The fourth-order valence-electron chi connectivity index (χ4n) is 4.47. The lowest BCUT2D eigenvalue weighted by molar-refractivity contribution is -0.119. The van der Waals surface area contributed by atoms with Gasteiger partial charge in [-0.2, -0.15) is 5.10 Å². The van der Waals surface area contributed by atoms with Gasteiger partial charge in [0, 0.05) is 25.6 Å². The number of cyclic esters (lactones) is 1. The highest BCUT2D eigenvalue weighted by Gasteiger charge is 2.32. The molecule has 3 amide bonds. The number of rotatable bonds is 7. The Bertz CT molecular complexity index is 1370. The second-order valence-corrected chi connectivity index (χ2v) is 9.31. The van der Waals surface area contributed by atoms with E-state index in [0.717, 1.165) is 5.56 Å². The highest BCUT2D eigenvalue weighted by Crippen LogP contribution is 2.29. The van der Waals surface area contributed by atoms with Crippen LogP contribution in [0.5, 0.6) is 0 Å². The monoisotopic (exact) mass is 533 g/mol. The zero-order valence-electron chi connectivity index (χ0n) is 21.4. The molecule has 5 rings (SSSR count). The maximum Gasteiger partial charge on any atom is 0.414 e. The normalized spacial score (nSPS) is 17.5. The zero-order chi connectivity index (χ0) is 27.4. The Labute approximate surface area is 224 Å². The molecule has 0 saturated carbocycles. The van der Waals surface area contributed by atoms with E-state index in [1.54, 1.807) is 35.4 Å². The molecule has 3 aromatic rings. The van der Waals surface area contributed by atoms with Crippen molar-refractivity contribution in [3.63, 3.8) is 0 Å². The van der Waals surface area contributed by atoms with Crippen molar-refractivity contribution in [2.75, 3.05) is 44.2 Å². The van der Waals surface area contributed by atoms with E-state index in [-0.39, 0.29) is 24.9 Å². The van der Waals surface area contributed by atoms with Crippen LogP contribution in [0.25, 0.3) is 11.1 Å². The first-order valence-electron chi connectivity index (χ1n) is 12.6. The minimum absolute atomic E-state index is 0.119. The number of nitrogens with zero attached hydrogens (tertiary/aromatic N) is 4. The molecule has 0 unspecified atom stereocenters. The number of ether oxygens (including phenoxy) is 1. The Morgan fingerprint density at radius 2 is 1.87 bits per heavy atom. The summed E-state index contributed by atoms with van der Waals surface area (Å²) in [6, 6.07) is 15.3. The van der Waals surface area contributed by atoms with E-state index in [2.05, 4.69) is 10.4 Å². The number of halogens is 1. The number of hydrogen-bond acceptors (Lipinski definition) is 7. The van der Waals surface area contributed by atoms with Gasteiger partial charge in [-0.05, 0) is 41.5 Å². The van der Waals surface area contributed by atoms with Crippen LogP contribution < -0.4 is 10.2 Å². The topological polar surface area (TPSA) is 108 Å². The summed E-state index contributed by atoms with van der Waals surface area (Å²) in [6.45, 7) is 4.14. The lowest BCUT2D eigenvalue weighted by Crippen LogP contribution is -2.46. The first-order valence-corrected chi connectivity index (χ1v) is 12.6. The molecule has 2 aromatic carbocycles. The number of amides is 3. The van der Waals surface area contributed by atoms with Gasteiger partial charge in [-0.25, -0.2) is 9.18 Å². The number of furan rings is 1. The molecular formula is C28H28FN5O5. The Morgan fingerprint density at radius 1 is 1.10 bits per heavy atom. The predicted octanol–water partition coefficient (Wildman–Crippen LogP) is 3.34. The summed E-state index contributed by atoms with van der Waals surface area (Å²) in [5, 5.41) is 9.05. The lowest BCUT2D eigenvalue weighted by atomic mass is 10.0. The van der Waals surface area contributed by atoms with Crippen LogP contribution in [0.15, 0.2) is 70.4 Å². The van der Waals surface area contributed by atoms with Gasteiger partial charge in [-0.1, -0.05) is 24.3 Å². The van der Waals surface area contributed by atoms with E-state index >= 15 is 4.39 Å². The van der Waals surface area contributed by atoms with E-state index in [9.17, 15) is 14.4 Å². The highest BCUT2D eigenvalue weighted by molar-refractivity contribution is 5.91. The van der Waals surface area contributed by atoms with Gasteiger partial charge in [0.25, 0.3) is 5.91 Å². The molecule has 2 fully saturated rings. The third-order valence-electron chi connectivity index (χ3n) is 6.58. The fourth-order valence-corrected chi connectivity index (χ4v) is 4.47. The number of carbonyl (C=O) groups is 3. The molecule has 2 aliphatic rings. The van der Waals surface area contributed by atoms with Gasteiger partial charge in [0.15, 0.2) is 5.76 Å². The lowest BCUT2D eigenvalue weighted by Gasteiger charge is -2.32.